The Hall–Kier alpha value is -1.92. The molecule has 124 valence electrons. The highest BCUT2D eigenvalue weighted by Gasteiger charge is 2.13. The molecule has 0 saturated carbocycles. The summed E-state index contributed by atoms with van der Waals surface area (Å²) in [5, 5.41) is 3.07. The van der Waals surface area contributed by atoms with Crippen LogP contribution in [0.3, 0.4) is 0 Å². The lowest BCUT2D eigenvalue weighted by molar-refractivity contribution is -0.113. The lowest BCUT2D eigenvalue weighted by Crippen LogP contribution is -2.14. The molecular formula is C18H19N3OS2. The number of nitrogens with zero attached hydrogens (tertiary/aromatic N) is 1. The summed E-state index contributed by atoms with van der Waals surface area (Å²) in [6.07, 6.45) is 2.02. The van der Waals surface area contributed by atoms with Crippen molar-refractivity contribution in [2.75, 3.05) is 17.3 Å². The van der Waals surface area contributed by atoms with E-state index in [4.69, 9.17) is 0 Å². The van der Waals surface area contributed by atoms with Crippen LogP contribution in [-0.4, -0.2) is 27.9 Å². The third kappa shape index (κ3) is 4.13. The SMILES string of the molecule is CSc1cccc(NC(=O)CSC(C)c2nc3ccccc3[nH]2)c1. The van der Waals surface area contributed by atoms with Crippen LogP contribution in [0.15, 0.2) is 53.4 Å². The second-order valence-electron chi connectivity index (χ2n) is 5.37. The Morgan fingerprint density at radius 1 is 1.25 bits per heavy atom. The molecule has 0 spiro atoms. The van der Waals surface area contributed by atoms with Gasteiger partial charge in [0, 0.05) is 10.6 Å². The molecule has 2 aromatic carbocycles. The van der Waals surface area contributed by atoms with E-state index < -0.39 is 0 Å². The lowest BCUT2D eigenvalue weighted by Gasteiger charge is -2.09. The molecule has 6 heteroatoms. The molecule has 0 radical (unpaired) electrons. The summed E-state index contributed by atoms with van der Waals surface area (Å²) in [4.78, 5) is 21.2. The normalized spacial score (nSPS) is 12.2. The molecule has 1 heterocycles. The number of amides is 1. The topological polar surface area (TPSA) is 57.8 Å². The highest BCUT2D eigenvalue weighted by Crippen LogP contribution is 2.28. The van der Waals surface area contributed by atoms with Crippen LogP contribution in [0.25, 0.3) is 11.0 Å². The van der Waals surface area contributed by atoms with E-state index in [2.05, 4.69) is 22.2 Å². The van der Waals surface area contributed by atoms with Crippen LogP contribution in [0.1, 0.15) is 18.0 Å². The van der Waals surface area contributed by atoms with E-state index in [0.717, 1.165) is 27.4 Å². The van der Waals surface area contributed by atoms with Gasteiger partial charge in [0.2, 0.25) is 5.91 Å². The number of thioether (sulfide) groups is 2. The van der Waals surface area contributed by atoms with E-state index in [1.807, 2.05) is 54.8 Å². The second kappa shape index (κ2) is 7.77. The van der Waals surface area contributed by atoms with Gasteiger partial charge in [0.05, 0.1) is 22.0 Å². The van der Waals surface area contributed by atoms with Crippen LogP contribution in [0.5, 0.6) is 0 Å². The predicted molar refractivity (Wildman–Crippen MR) is 104 cm³/mol. The Bertz CT molecular complexity index is 814. The number of imidazole rings is 1. The largest absolute Gasteiger partial charge is 0.341 e. The van der Waals surface area contributed by atoms with Crippen LogP contribution in [-0.2, 0) is 4.79 Å². The summed E-state index contributed by atoms with van der Waals surface area (Å²) in [6, 6.07) is 15.8. The highest BCUT2D eigenvalue weighted by atomic mass is 32.2. The van der Waals surface area contributed by atoms with Gasteiger partial charge in [-0.3, -0.25) is 4.79 Å². The molecule has 1 atom stereocenters. The van der Waals surface area contributed by atoms with Crippen molar-refractivity contribution < 1.29 is 4.79 Å². The molecule has 0 fully saturated rings. The number of nitrogens with one attached hydrogen (secondary N) is 2. The van der Waals surface area contributed by atoms with Gasteiger partial charge in [-0.1, -0.05) is 18.2 Å². The minimum absolute atomic E-state index is 0.00112. The number of hydrogen-bond acceptors (Lipinski definition) is 4. The number of carbonyl (C=O) groups is 1. The van der Waals surface area contributed by atoms with E-state index in [9.17, 15) is 4.79 Å². The lowest BCUT2D eigenvalue weighted by atomic mass is 10.3. The Morgan fingerprint density at radius 2 is 2.08 bits per heavy atom. The number of aromatic nitrogens is 2. The third-order valence-corrected chi connectivity index (χ3v) is 5.49. The van der Waals surface area contributed by atoms with Crippen molar-refractivity contribution in [2.24, 2.45) is 0 Å². The zero-order valence-electron chi connectivity index (χ0n) is 13.6. The fraction of sp³-hybridized carbons (Fsp3) is 0.222. The average molecular weight is 358 g/mol. The zero-order chi connectivity index (χ0) is 16.9. The van der Waals surface area contributed by atoms with E-state index in [1.165, 1.54) is 0 Å². The van der Waals surface area contributed by atoms with Crippen molar-refractivity contribution in [3.05, 3.63) is 54.4 Å². The van der Waals surface area contributed by atoms with Crippen molar-refractivity contribution >= 4 is 46.2 Å². The summed E-state index contributed by atoms with van der Waals surface area (Å²) in [7, 11) is 0. The number of benzene rings is 2. The first-order chi connectivity index (χ1) is 11.7. The second-order valence-corrected chi connectivity index (χ2v) is 7.58. The van der Waals surface area contributed by atoms with Gasteiger partial charge >= 0.3 is 0 Å². The number of hydrogen-bond donors (Lipinski definition) is 2. The molecule has 0 saturated heterocycles. The number of para-hydroxylation sites is 2. The van der Waals surface area contributed by atoms with Gasteiger partial charge in [-0.05, 0) is 43.5 Å². The number of rotatable bonds is 6. The van der Waals surface area contributed by atoms with Gasteiger partial charge in [0.15, 0.2) is 0 Å². The summed E-state index contributed by atoms with van der Waals surface area (Å²) in [5.41, 5.74) is 2.82. The first-order valence-electron chi connectivity index (χ1n) is 7.66. The van der Waals surface area contributed by atoms with Gasteiger partial charge in [-0.2, -0.15) is 0 Å². The zero-order valence-corrected chi connectivity index (χ0v) is 15.2. The molecule has 0 aliphatic rings. The summed E-state index contributed by atoms with van der Waals surface area (Å²) in [6.45, 7) is 2.06. The maximum absolute atomic E-state index is 12.2. The molecule has 1 amide bonds. The van der Waals surface area contributed by atoms with Crippen molar-refractivity contribution in [1.82, 2.24) is 9.97 Å². The fourth-order valence-electron chi connectivity index (χ4n) is 2.34. The van der Waals surface area contributed by atoms with Gasteiger partial charge in [0.25, 0.3) is 0 Å². The first-order valence-corrected chi connectivity index (χ1v) is 9.93. The summed E-state index contributed by atoms with van der Waals surface area (Å²) >= 11 is 3.23. The first kappa shape index (κ1) is 16.9. The van der Waals surface area contributed by atoms with Crippen LogP contribution in [0, 0.1) is 0 Å². The molecular weight excluding hydrogens is 338 g/mol. The molecule has 4 nitrogen and oxygen atoms in total. The minimum Gasteiger partial charge on any atom is -0.341 e. The number of fused-ring (bicyclic) bond motifs is 1. The molecule has 0 bridgehead atoms. The average Bonchev–Trinajstić information content (AvgIpc) is 3.04. The van der Waals surface area contributed by atoms with Crippen molar-refractivity contribution in [3.8, 4) is 0 Å². The number of H-pyrrole nitrogens is 1. The van der Waals surface area contributed by atoms with E-state index >= 15 is 0 Å². The van der Waals surface area contributed by atoms with Crippen molar-refractivity contribution in [2.45, 2.75) is 17.1 Å². The Morgan fingerprint density at radius 3 is 2.88 bits per heavy atom. The van der Waals surface area contributed by atoms with Gasteiger partial charge < -0.3 is 10.3 Å². The predicted octanol–water partition coefficient (Wildman–Crippen LogP) is 4.72. The number of carbonyl (C=O) groups excluding carboxylic acids is 1. The van der Waals surface area contributed by atoms with Crippen molar-refractivity contribution in [3.63, 3.8) is 0 Å². The molecule has 3 rings (SSSR count). The fourth-order valence-corrected chi connectivity index (χ4v) is 3.55. The van der Waals surface area contributed by atoms with Gasteiger partial charge in [-0.25, -0.2) is 4.98 Å². The van der Waals surface area contributed by atoms with Crippen molar-refractivity contribution in [1.29, 1.82) is 0 Å². The molecule has 24 heavy (non-hydrogen) atoms. The monoisotopic (exact) mass is 357 g/mol. The molecule has 2 N–H and O–H groups in total. The molecule has 0 aliphatic carbocycles. The van der Waals surface area contributed by atoms with E-state index in [0.29, 0.717) is 5.75 Å². The van der Waals surface area contributed by atoms with Gasteiger partial charge in [0.1, 0.15) is 5.82 Å². The Kier molecular flexibility index (Phi) is 5.48. The van der Waals surface area contributed by atoms with E-state index in [-0.39, 0.29) is 11.2 Å². The maximum Gasteiger partial charge on any atom is 0.234 e. The Balaban J connectivity index is 1.57. The molecule has 1 aromatic heterocycles. The molecule has 3 aromatic rings. The van der Waals surface area contributed by atoms with Crippen LogP contribution < -0.4 is 5.32 Å². The quantitative estimate of drug-likeness (QED) is 0.627. The summed E-state index contributed by atoms with van der Waals surface area (Å²) in [5.74, 6) is 1.29. The minimum atomic E-state index is 0.00112. The maximum atomic E-state index is 12.2. The highest BCUT2D eigenvalue weighted by molar-refractivity contribution is 8.00. The molecule has 1 unspecified atom stereocenters. The number of aromatic amines is 1. The summed E-state index contributed by atoms with van der Waals surface area (Å²) < 4.78 is 0. The van der Waals surface area contributed by atoms with Gasteiger partial charge in [-0.15, -0.1) is 23.5 Å². The third-order valence-electron chi connectivity index (χ3n) is 3.61. The standard InChI is InChI=1S/C18H19N3OS2/c1-12(18-20-15-8-3-4-9-16(15)21-18)24-11-17(22)19-13-6-5-7-14(10-13)23-2/h3-10,12H,11H2,1-2H3,(H,19,22)(H,20,21). The molecule has 0 aliphatic heterocycles. The van der Waals surface area contributed by atoms with Crippen LogP contribution >= 0.6 is 23.5 Å². The van der Waals surface area contributed by atoms with E-state index in [1.54, 1.807) is 23.5 Å². The van der Waals surface area contributed by atoms with Crippen LogP contribution in [0.2, 0.25) is 0 Å². The number of anilines is 1. The Labute approximate surface area is 149 Å². The van der Waals surface area contributed by atoms with Crippen LogP contribution in [0.4, 0.5) is 5.69 Å². The smallest absolute Gasteiger partial charge is 0.234 e.